The van der Waals surface area contributed by atoms with Crippen molar-refractivity contribution in [2.24, 2.45) is 5.84 Å². The van der Waals surface area contributed by atoms with Crippen LogP contribution in [0.3, 0.4) is 0 Å². The third-order valence-corrected chi connectivity index (χ3v) is 4.42. The fourth-order valence-corrected chi connectivity index (χ4v) is 2.96. The third kappa shape index (κ3) is 4.70. The summed E-state index contributed by atoms with van der Waals surface area (Å²) in [7, 11) is 0. The molecular weight excluding hydrogens is 324 g/mol. The highest BCUT2D eigenvalue weighted by molar-refractivity contribution is 5.81. The van der Waals surface area contributed by atoms with E-state index in [9.17, 15) is 0 Å². The lowest BCUT2D eigenvalue weighted by Crippen LogP contribution is -2.32. The Hall–Kier alpha value is -2.66. The maximum atomic E-state index is 6.23. The largest absolute Gasteiger partial charge is 0.491 e. The summed E-state index contributed by atoms with van der Waals surface area (Å²) in [5, 5.41) is 2.75. The molecule has 1 heterocycles. The first-order valence-corrected chi connectivity index (χ1v) is 9.13. The number of hydrazine groups is 1. The van der Waals surface area contributed by atoms with Gasteiger partial charge in [-0.25, -0.2) is 15.8 Å². The number of hydrogen-bond donors (Lipinski definition) is 1. The topological polar surface area (TPSA) is 64.3 Å². The van der Waals surface area contributed by atoms with Crippen molar-refractivity contribution in [2.45, 2.75) is 39.2 Å². The molecule has 0 bridgehead atoms. The van der Waals surface area contributed by atoms with Crippen molar-refractivity contribution in [2.75, 3.05) is 11.6 Å². The summed E-state index contributed by atoms with van der Waals surface area (Å²) in [6.07, 6.45) is 6.68. The van der Waals surface area contributed by atoms with Crippen LogP contribution in [0.2, 0.25) is 0 Å². The summed E-state index contributed by atoms with van der Waals surface area (Å²) < 4.78 is 5.90. The third-order valence-electron chi connectivity index (χ3n) is 4.42. The van der Waals surface area contributed by atoms with Crippen LogP contribution in [-0.4, -0.2) is 22.6 Å². The minimum absolute atomic E-state index is 0.252. The molecule has 0 amide bonds. The highest BCUT2D eigenvalue weighted by Gasteiger charge is 2.06. The van der Waals surface area contributed by atoms with E-state index in [1.807, 2.05) is 30.3 Å². The molecule has 3 rings (SSSR count). The zero-order valence-electron chi connectivity index (χ0n) is 15.4. The summed E-state index contributed by atoms with van der Waals surface area (Å²) >= 11 is 0. The summed E-state index contributed by atoms with van der Waals surface area (Å²) in [6.45, 7) is 5.01. The van der Waals surface area contributed by atoms with Gasteiger partial charge in [-0.2, -0.15) is 0 Å². The second-order valence-corrected chi connectivity index (χ2v) is 6.57. The Morgan fingerprint density at radius 3 is 2.73 bits per heavy atom. The maximum absolute atomic E-state index is 6.23. The zero-order valence-corrected chi connectivity index (χ0v) is 15.4. The van der Waals surface area contributed by atoms with Gasteiger partial charge in [0.25, 0.3) is 0 Å². The van der Waals surface area contributed by atoms with Crippen LogP contribution in [0.25, 0.3) is 10.9 Å². The standard InChI is InChI=1S/C21H26N4O/c1-3-4-16(2)26-20-8-5-17(6-9-20)11-12-25(22)19-7-10-21-18(13-19)14-23-15-24-21/h5-10,13-16H,3-4,11-12,22H2,1-2H3. The Balaban J connectivity index is 1.57. The summed E-state index contributed by atoms with van der Waals surface area (Å²) in [5.74, 6) is 7.16. The van der Waals surface area contributed by atoms with E-state index < -0.39 is 0 Å². The molecule has 136 valence electrons. The first-order valence-electron chi connectivity index (χ1n) is 9.13. The summed E-state index contributed by atoms with van der Waals surface area (Å²) in [5.41, 5.74) is 3.12. The maximum Gasteiger partial charge on any atom is 0.119 e. The molecule has 26 heavy (non-hydrogen) atoms. The number of rotatable bonds is 8. The lowest BCUT2D eigenvalue weighted by molar-refractivity contribution is 0.210. The van der Waals surface area contributed by atoms with Crippen molar-refractivity contribution >= 4 is 16.6 Å². The Kier molecular flexibility index (Phi) is 6.02. The molecule has 1 unspecified atom stereocenters. The SMILES string of the molecule is CCCC(C)Oc1ccc(CCN(N)c2ccc3ncncc3c2)cc1. The van der Waals surface area contributed by atoms with E-state index in [1.165, 1.54) is 5.56 Å². The van der Waals surface area contributed by atoms with Gasteiger partial charge in [-0.3, -0.25) is 0 Å². The fraction of sp³-hybridized carbons (Fsp3) is 0.333. The Labute approximate surface area is 154 Å². The average Bonchev–Trinajstić information content (AvgIpc) is 2.67. The Bertz CT molecular complexity index is 835. The zero-order chi connectivity index (χ0) is 18.4. The van der Waals surface area contributed by atoms with Gasteiger partial charge in [-0.05, 0) is 55.7 Å². The Morgan fingerprint density at radius 2 is 1.96 bits per heavy atom. The molecule has 0 fully saturated rings. The van der Waals surface area contributed by atoms with Crippen LogP contribution < -0.4 is 15.6 Å². The van der Waals surface area contributed by atoms with Crippen LogP contribution in [0.4, 0.5) is 5.69 Å². The molecule has 1 atom stereocenters. The number of aromatic nitrogens is 2. The van der Waals surface area contributed by atoms with Gasteiger partial charge in [0.15, 0.2) is 0 Å². The van der Waals surface area contributed by atoms with E-state index in [0.717, 1.165) is 48.1 Å². The van der Waals surface area contributed by atoms with Crippen molar-refractivity contribution in [1.29, 1.82) is 0 Å². The van der Waals surface area contributed by atoms with E-state index in [1.54, 1.807) is 17.5 Å². The van der Waals surface area contributed by atoms with Crippen molar-refractivity contribution < 1.29 is 4.74 Å². The van der Waals surface area contributed by atoms with E-state index in [0.29, 0.717) is 0 Å². The molecule has 0 aliphatic rings. The van der Waals surface area contributed by atoms with E-state index in [2.05, 4.69) is 35.9 Å². The highest BCUT2D eigenvalue weighted by Crippen LogP contribution is 2.19. The molecule has 0 radical (unpaired) electrons. The number of nitrogens with zero attached hydrogens (tertiary/aromatic N) is 3. The lowest BCUT2D eigenvalue weighted by Gasteiger charge is -2.19. The molecular formula is C21H26N4O. The van der Waals surface area contributed by atoms with Gasteiger partial charge < -0.3 is 9.75 Å². The molecule has 5 nitrogen and oxygen atoms in total. The van der Waals surface area contributed by atoms with Crippen LogP contribution in [0.15, 0.2) is 55.0 Å². The van der Waals surface area contributed by atoms with Gasteiger partial charge in [0.1, 0.15) is 12.1 Å². The predicted molar refractivity (Wildman–Crippen MR) is 106 cm³/mol. The molecule has 0 aliphatic heterocycles. The molecule has 3 aromatic rings. The van der Waals surface area contributed by atoms with Crippen LogP contribution in [0.1, 0.15) is 32.3 Å². The smallest absolute Gasteiger partial charge is 0.119 e. The van der Waals surface area contributed by atoms with E-state index >= 15 is 0 Å². The minimum atomic E-state index is 0.252. The molecule has 5 heteroatoms. The van der Waals surface area contributed by atoms with Crippen molar-refractivity contribution in [3.63, 3.8) is 0 Å². The van der Waals surface area contributed by atoms with Gasteiger partial charge in [0.2, 0.25) is 0 Å². The molecule has 2 aromatic carbocycles. The summed E-state index contributed by atoms with van der Waals surface area (Å²) in [6, 6.07) is 14.3. The first kappa shape index (κ1) is 18.1. The number of benzene rings is 2. The minimum Gasteiger partial charge on any atom is -0.491 e. The lowest BCUT2D eigenvalue weighted by atomic mass is 10.1. The van der Waals surface area contributed by atoms with Gasteiger partial charge >= 0.3 is 0 Å². The van der Waals surface area contributed by atoms with Crippen LogP contribution in [0, 0.1) is 0 Å². The number of hydrogen-bond acceptors (Lipinski definition) is 5. The summed E-state index contributed by atoms with van der Waals surface area (Å²) in [4.78, 5) is 8.30. The van der Waals surface area contributed by atoms with Gasteiger partial charge in [-0.15, -0.1) is 0 Å². The number of nitrogens with two attached hydrogens (primary N) is 1. The van der Waals surface area contributed by atoms with Crippen molar-refractivity contribution in [1.82, 2.24) is 9.97 Å². The van der Waals surface area contributed by atoms with Crippen LogP contribution in [0.5, 0.6) is 5.75 Å². The average molecular weight is 350 g/mol. The number of anilines is 1. The second kappa shape index (κ2) is 8.63. The quantitative estimate of drug-likeness (QED) is 0.489. The van der Waals surface area contributed by atoms with Gasteiger partial charge in [-0.1, -0.05) is 25.5 Å². The van der Waals surface area contributed by atoms with Crippen LogP contribution in [-0.2, 0) is 6.42 Å². The van der Waals surface area contributed by atoms with Crippen LogP contribution >= 0.6 is 0 Å². The van der Waals surface area contributed by atoms with E-state index in [-0.39, 0.29) is 6.10 Å². The number of fused-ring (bicyclic) bond motifs is 1. The first-order chi connectivity index (χ1) is 12.7. The normalized spacial score (nSPS) is 12.1. The van der Waals surface area contributed by atoms with Crippen molar-refractivity contribution in [3.8, 4) is 5.75 Å². The molecule has 0 spiro atoms. The monoisotopic (exact) mass is 350 g/mol. The number of ether oxygens (including phenoxy) is 1. The molecule has 1 aromatic heterocycles. The molecule has 0 aliphatic carbocycles. The molecule has 2 N–H and O–H groups in total. The van der Waals surface area contributed by atoms with Crippen molar-refractivity contribution in [3.05, 3.63) is 60.6 Å². The van der Waals surface area contributed by atoms with E-state index in [4.69, 9.17) is 10.6 Å². The van der Waals surface area contributed by atoms with Gasteiger partial charge in [0.05, 0.1) is 17.3 Å². The Morgan fingerprint density at radius 1 is 1.15 bits per heavy atom. The molecule has 0 saturated heterocycles. The van der Waals surface area contributed by atoms with Gasteiger partial charge in [0, 0.05) is 18.1 Å². The fourth-order valence-electron chi connectivity index (χ4n) is 2.96. The highest BCUT2D eigenvalue weighted by atomic mass is 16.5. The predicted octanol–water partition coefficient (Wildman–Crippen LogP) is 4.12. The second-order valence-electron chi connectivity index (χ2n) is 6.57. The molecule has 0 saturated carbocycles.